The number of rotatable bonds is 4. The van der Waals surface area contributed by atoms with Gasteiger partial charge >= 0.3 is 0 Å². The van der Waals surface area contributed by atoms with Gasteiger partial charge < -0.3 is 15.0 Å². The number of nitrogens with one attached hydrogen (secondary N) is 1. The van der Waals surface area contributed by atoms with Crippen molar-refractivity contribution in [1.82, 2.24) is 15.2 Å². The molecule has 5 heteroatoms. The Morgan fingerprint density at radius 1 is 1.24 bits per heavy atom. The van der Waals surface area contributed by atoms with Crippen molar-refractivity contribution in [1.29, 1.82) is 0 Å². The van der Waals surface area contributed by atoms with E-state index in [1.165, 1.54) is 11.1 Å². The molecular formula is C20H24N4O. The van der Waals surface area contributed by atoms with Crippen LogP contribution in [0.3, 0.4) is 0 Å². The van der Waals surface area contributed by atoms with E-state index in [4.69, 9.17) is 4.74 Å². The predicted octanol–water partition coefficient (Wildman–Crippen LogP) is 2.95. The molecule has 25 heavy (non-hydrogen) atoms. The van der Waals surface area contributed by atoms with Gasteiger partial charge in [-0.2, -0.15) is 0 Å². The number of benzene rings is 1. The van der Waals surface area contributed by atoms with Gasteiger partial charge in [-0.25, -0.2) is 4.98 Å². The molecule has 1 aromatic carbocycles. The fraction of sp³-hybridized carbons (Fsp3) is 0.300. The molecule has 0 saturated heterocycles. The lowest BCUT2D eigenvalue weighted by atomic mass is 10.00. The number of ether oxygens (including phenoxy) is 1. The molecule has 0 spiro atoms. The van der Waals surface area contributed by atoms with Crippen molar-refractivity contribution < 1.29 is 4.74 Å². The first-order chi connectivity index (χ1) is 12.3. The van der Waals surface area contributed by atoms with Gasteiger partial charge in [0.05, 0.1) is 7.11 Å². The van der Waals surface area contributed by atoms with E-state index in [1.54, 1.807) is 13.3 Å². The highest BCUT2D eigenvalue weighted by molar-refractivity contribution is 5.81. The minimum atomic E-state index is 0.634. The highest BCUT2D eigenvalue weighted by Crippen LogP contribution is 2.22. The molecule has 1 aliphatic rings. The molecule has 0 fully saturated rings. The van der Waals surface area contributed by atoms with Crippen molar-refractivity contribution in [3.63, 3.8) is 0 Å². The van der Waals surface area contributed by atoms with E-state index in [2.05, 4.69) is 56.6 Å². The van der Waals surface area contributed by atoms with Gasteiger partial charge in [0.15, 0.2) is 5.96 Å². The van der Waals surface area contributed by atoms with Gasteiger partial charge in [0, 0.05) is 38.4 Å². The molecule has 130 valence electrons. The molecule has 0 atom stereocenters. The Kier molecular flexibility index (Phi) is 5.67. The molecule has 0 unspecified atom stereocenters. The van der Waals surface area contributed by atoms with Gasteiger partial charge in [-0.1, -0.05) is 42.5 Å². The summed E-state index contributed by atoms with van der Waals surface area (Å²) in [6.45, 7) is 2.44. The van der Waals surface area contributed by atoms with Gasteiger partial charge in [-0.15, -0.1) is 0 Å². The van der Waals surface area contributed by atoms with Crippen LogP contribution in [0.15, 0.2) is 59.7 Å². The largest absolute Gasteiger partial charge is 0.481 e. The minimum absolute atomic E-state index is 0.634. The Morgan fingerprint density at radius 3 is 2.76 bits per heavy atom. The van der Waals surface area contributed by atoms with E-state index in [0.717, 1.165) is 31.0 Å². The normalized spacial score (nSPS) is 14.9. The Labute approximate surface area is 149 Å². The molecule has 1 aliphatic heterocycles. The summed E-state index contributed by atoms with van der Waals surface area (Å²) in [5.41, 5.74) is 3.73. The standard InChI is InChI=1S/C20H24N4O/c1-21-20(23-15-18-9-6-12-22-19(18)25-2)24-13-10-17(11-14-24)16-7-4-3-5-8-16/h3-10,12H,11,13-15H2,1-2H3,(H,21,23). The Balaban J connectivity index is 1.62. The first-order valence-electron chi connectivity index (χ1n) is 8.49. The summed E-state index contributed by atoms with van der Waals surface area (Å²) < 4.78 is 5.31. The SMILES string of the molecule is CN=C(NCc1cccnc1OC)N1CC=C(c2ccccc2)CC1. The molecule has 5 nitrogen and oxygen atoms in total. The van der Waals surface area contributed by atoms with Crippen molar-refractivity contribution in [2.45, 2.75) is 13.0 Å². The van der Waals surface area contributed by atoms with E-state index in [0.29, 0.717) is 12.4 Å². The summed E-state index contributed by atoms with van der Waals surface area (Å²) >= 11 is 0. The molecule has 2 aromatic rings. The summed E-state index contributed by atoms with van der Waals surface area (Å²) in [5, 5.41) is 3.41. The number of hydrogen-bond acceptors (Lipinski definition) is 3. The number of nitrogens with zero attached hydrogens (tertiary/aromatic N) is 3. The number of aromatic nitrogens is 1. The zero-order valence-corrected chi connectivity index (χ0v) is 14.8. The van der Waals surface area contributed by atoms with Crippen LogP contribution in [0, 0.1) is 0 Å². The van der Waals surface area contributed by atoms with Gasteiger partial charge in [0.25, 0.3) is 0 Å². The Morgan fingerprint density at radius 2 is 2.08 bits per heavy atom. The second kappa shape index (κ2) is 8.33. The average Bonchev–Trinajstić information content (AvgIpc) is 2.70. The maximum absolute atomic E-state index is 5.31. The summed E-state index contributed by atoms with van der Waals surface area (Å²) in [6, 6.07) is 14.5. The summed E-state index contributed by atoms with van der Waals surface area (Å²) in [4.78, 5) is 10.9. The van der Waals surface area contributed by atoms with Crippen LogP contribution in [0.1, 0.15) is 17.5 Å². The zero-order valence-electron chi connectivity index (χ0n) is 14.8. The molecule has 0 amide bonds. The third-order valence-electron chi connectivity index (χ3n) is 4.35. The smallest absolute Gasteiger partial charge is 0.218 e. The molecule has 0 saturated carbocycles. The molecule has 1 N–H and O–H groups in total. The van der Waals surface area contributed by atoms with Crippen LogP contribution in [-0.4, -0.2) is 43.1 Å². The van der Waals surface area contributed by atoms with E-state index >= 15 is 0 Å². The maximum Gasteiger partial charge on any atom is 0.218 e. The van der Waals surface area contributed by atoms with Crippen molar-refractivity contribution in [3.05, 3.63) is 65.9 Å². The summed E-state index contributed by atoms with van der Waals surface area (Å²) in [5.74, 6) is 1.55. The van der Waals surface area contributed by atoms with Crippen molar-refractivity contribution >= 4 is 11.5 Å². The predicted molar refractivity (Wildman–Crippen MR) is 102 cm³/mol. The van der Waals surface area contributed by atoms with Crippen molar-refractivity contribution in [2.75, 3.05) is 27.2 Å². The van der Waals surface area contributed by atoms with Crippen LogP contribution in [-0.2, 0) is 6.54 Å². The molecule has 0 bridgehead atoms. The Bertz CT molecular complexity index is 755. The van der Waals surface area contributed by atoms with Gasteiger partial charge in [-0.3, -0.25) is 4.99 Å². The third kappa shape index (κ3) is 4.18. The fourth-order valence-electron chi connectivity index (χ4n) is 3.02. The Hall–Kier alpha value is -2.82. The summed E-state index contributed by atoms with van der Waals surface area (Å²) in [6.07, 6.45) is 5.04. The fourth-order valence-corrected chi connectivity index (χ4v) is 3.02. The van der Waals surface area contributed by atoms with E-state index in [9.17, 15) is 0 Å². The van der Waals surface area contributed by atoms with Gasteiger partial charge in [-0.05, 0) is 23.6 Å². The maximum atomic E-state index is 5.31. The number of hydrogen-bond donors (Lipinski definition) is 1. The first kappa shape index (κ1) is 17.0. The van der Waals surface area contributed by atoms with Crippen LogP contribution in [0.5, 0.6) is 5.88 Å². The number of aliphatic imine (C=N–C) groups is 1. The van der Waals surface area contributed by atoms with Crippen LogP contribution >= 0.6 is 0 Å². The van der Waals surface area contributed by atoms with E-state index < -0.39 is 0 Å². The monoisotopic (exact) mass is 336 g/mol. The molecule has 3 rings (SSSR count). The number of guanidine groups is 1. The minimum Gasteiger partial charge on any atom is -0.481 e. The zero-order chi connectivity index (χ0) is 17.5. The number of methoxy groups -OCH3 is 1. The van der Waals surface area contributed by atoms with Crippen molar-refractivity contribution in [3.8, 4) is 5.88 Å². The molecule has 0 radical (unpaired) electrons. The molecule has 0 aliphatic carbocycles. The second-order valence-corrected chi connectivity index (χ2v) is 5.86. The van der Waals surface area contributed by atoms with E-state index in [1.807, 2.05) is 19.2 Å². The third-order valence-corrected chi connectivity index (χ3v) is 4.35. The second-order valence-electron chi connectivity index (χ2n) is 5.86. The topological polar surface area (TPSA) is 49.8 Å². The van der Waals surface area contributed by atoms with Crippen LogP contribution in [0.2, 0.25) is 0 Å². The van der Waals surface area contributed by atoms with Gasteiger partial charge in [0.1, 0.15) is 0 Å². The lowest BCUT2D eigenvalue weighted by molar-refractivity contribution is 0.390. The number of pyridine rings is 1. The molecular weight excluding hydrogens is 312 g/mol. The average molecular weight is 336 g/mol. The molecule has 1 aromatic heterocycles. The highest BCUT2D eigenvalue weighted by atomic mass is 16.5. The van der Waals surface area contributed by atoms with Crippen LogP contribution in [0.4, 0.5) is 0 Å². The van der Waals surface area contributed by atoms with Crippen LogP contribution in [0.25, 0.3) is 5.57 Å². The van der Waals surface area contributed by atoms with Gasteiger partial charge in [0.2, 0.25) is 5.88 Å². The van der Waals surface area contributed by atoms with Crippen molar-refractivity contribution in [2.24, 2.45) is 4.99 Å². The van der Waals surface area contributed by atoms with E-state index in [-0.39, 0.29) is 0 Å². The highest BCUT2D eigenvalue weighted by Gasteiger charge is 2.16. The lowest BCUT2D eigenvalue weighted by Gasteiger charge is -2.30. The quantitative estimate of drug-likeness (QED) is 0.689. The summed E-state index contributed by atoms with van der Waals surface area (Å²) in [7, 11) is 3.46. The molecule has 2 heterocycles. The van der Waals surface area contributed by atoms with Crippen LogP contribution < -0.4 is 10.1 Å². The first-order valence-corrected chi connectivity index (χ1v) is 8.49. The lowest BCUT2D eigenvalue weighted by Crippen LogP contribution is -2.43.